The van der Waals surface area contributed by atoms with Crippen LogP contribution in [0.2, 0.25) is 0 Å². The summed E-state index contributed by atoms with van der Waals surface area (Å²) in [5.74, 6) is 0. The van der Waals surface area contributed by atoms with Crippen LogP contribution in [-0.4, -0.2) is 24.5 Å². The largest absolute Gasteiger partial charge is 0.298 e. The van der Waals surface area contributed by atoms with Crippen LogP contribution in [0.25, 0.3) is 6.08 Å². The van der Waals surface area contributed by atoms with E-state index in [1.54, 1.807) is 0 Å². The molecule has 1 aliphatic heterocycles. The van der Waals surface area contributed by atoms with Gasteiger partial charge in [0.05, 0.1) is 6.07 Å². The Kier molecular flexibility index (Phi) is 6.49. The molecule has 0 N–H and O–H groups in total. The number of piperidine rings is 1. The topological polar surface area (TPSA) is 27.0 Å². The van der Waals surface area contributed by atoms with E-state index in [0.29, 0.717) is 0 Å². The molecule has 1 heterocycles. The average Bonchev–Trinajstić information content (AvgIpc) is 2.40. The van der Waals surface area contributed by atoms with Gasteiger partial charge in [0.15, 0.2) is 0 Å². The van der Waals surface area contributed by atoms with Crippen LogP contribution < -0.4 is 0 Å². The van der Waals surface area contributed by atoms with Gasteiger partial charge >= 0.3 is 0 Å². The van der Waals surface area contributed by atoms with Crippen molar-refractivity contribution >= 4 is 18.5 Å². The first-order valence-corrected chi connectivity index (χ1v) is 6.26. The van der Waals surface area contributed by atoms with Gasteiger partial charge < -0.3 is 0 Å². The maximum atomic E-state index is 9.17. The molecule has 0 atom stereocenters. The maximum Gasteiger partial charge on any atom is 0.0961 e. The third-order valence-corrected chi connectivity index (χ3v) is 3.13. The van der Waals surface area contributed by atoms with Gasteiger partial charge in [0.1, 0.15) is 0 Å². The number of likely N-dealkylation sites (tertiary alicyclic amines) is 1. The maximum absolute atomic E-state index is 9.17. The summed E-state index contributed by atoms with van der Waals surface area (Å²) in [6.07, 6.45) is 5.86. The summed E-state index contributed by atoms with van der Waals surface area (Å²) in [4.78, 5) is 2.38. The van der Waals surface area contributed by atoms with Gasteiger partial charge in [-0.05, 0) is 37.6 Å². The number of hydrogen-bond donors (Lipinski definition) is 0. The predicted octanol–water partition coefficient (Wildman–Crippen LogP) is 3.50. The summed E-state index contributed by atoms with van der Waals surface area (Å²) < 4.78 is 0. The molecule has 2 nitrogen and oxygen atoms in total. The summed E-state index contributed by atoms with van der Waals surface area (Å²) in [6, 6.07) is 12.4. The second-order valence-corrected chi connectivity index (χ2v) is 4.53. The second-order valence-electron chi connectivity index (χ2n) is 4.53. The normalized spacial score (nSPS) is 16.7. The number of nitrogens with zero attached hydrogens (tertiary/aromatic N) is 2. The minimum Gasteiger partial charge on any atom is -0.298 e. The fraction of sp³-hybridized carbons (Fsp3) is 0.400. The van der Waals surface area contributed by atoms with E-state index in [4.69, 9.17) is 0 Å². The van der Waals surface area contributed by atoms with Crippen LogP contribution in [0.4, 0.5) is 0 Å². The van der Waals surface area contributed by atoms with Gasteiger partial charge in [-0.15, -0.1) is 12.4 Å². The van der Waals surface area contributed by atoms with E-state index in [1.165, 1.54) is 19.3 Å². The summed E-state index contributed by atoms with van der Waals surface area (Å²) in [6.45, 7) is 3.06. The lowest BCUT2D eigenvalue weighted by Gasteiger charge is -2.25. The number of nitriles is 1. The number of halogens is 1. The van der Waals surface area contributed by atoms with E-state index in [0.717, 1.165) is 30.8 Å². The van der Waals surface area contributed by atoms with Crippen molar-refractivity contribution in [2.75, 3.05) is 19.6 Å². The molecule has 1 fully saturated rings. The van der Waals surface area contributed by atoms with Crippen molar-refractivity contribution in [2.45, 2.75) is 19.3 Å². The summed E-state index contributed by atoms with van der Waals surface area (Å²) in [5, 5.41) is 9.17. The highest BCUT2D eigenvalue weighted by Crippen LogP contribution is 2.12. The van der Waals surface area contributed by atoms with Crippen molar-refractivity contribution in [3.05, 3.63) is 41.5 Å². The molecule has 0 aromatic heterocycles. The van der Waals surface area contributed by atoms with E-state index < -0.39 is 0 Å². The molecule has 0 bridgehead atoms. The Morgan fingerprint density at radius 1 is 1.17 bits per heavy atom. The molecule has 1 saturated heterocycles. The zero-order chi connectivity index (χ0) is 11.9. The Morgan fingerprint density at radius 3 is 2.44 bits per heavy atom. The Balaban J connectivity index is 0.00000162. The molecule has 0 unspecified atom stereocenters. The highest BCUT2D eigenvalue weighted by molar-refractivity contribution is 5.85. The molecule has 2 rings (SSSR count). The van der Waals surface area contributed by atoms with Crippen molar-refractivity contribution in [1.29, 1.82) is 5.26 Å². The molecule has 18 heavy (non-hydrogen) atoms. The molecule has 0 aliphatic carbocycles. The minimum atomic E-state index is 0. The predicted molar refractivity (Wildman–Crippen MR) is 77.6 cm³/mol. The number of hydrogen-bond acceptors (Lipinski definition) is 2. The van der Waals surface area contributed by atoms with Crippen molar-refractivity contribution in [1.82, 2.24) is 4.90 Å². The average molecular weight is 263 g/mol. The fourth-order valence-electron chi connectivity index (χ4n) is 2.22. The third kappa shape index (κ3) is 4.52. The molecule has 1 aliphatic rings. The van der Waals surface area contributed by atoms with Gasteiger partial charge in [0.25, 0.3) is 0 Å². The van der Waals surface area contributed by atoms with Gasteiger partial charge in [0.2, 0.25) is 0 Å². The molecule has 0 radical (unpaired) electrons. The Labute approximate surface area is 115 Å². The van der Waals surface area contributed by atoms with Crippen LogP contribution in [0.1, 0.15) is 24.8 Å². The fourth-order valence-corrected chi connectivity index (χ4v) is 2.22. The first kappa shape index (κ1) is 14.8. The van der Waals surface area contributed by atoms with Gasteiger partial charge in [-0.3, -0.25) is 4.90 Å². The lowest BCUT2D eigenvalue weighted by Crippen LogP contribution is -2.31. The van der Waals surface area contributed by atoms with Gasteiger partial charge in [-0.1, -0.05) is 36.8 Å². The molecule has 0 spiro atoms. The molecule has 96 valence electrons. The zero-order valence-corrected chi connectivity index (χ0v) is 11.3. The highest BCUT2D eigenvalue weighted by Gasteiger charge is 2.11. The summed E-state index contributed by atoms with van der Waals surface area (Å²) in [5.41, 5.74) is 1.97. The van der Waals surface area contributed by atoms with E-state index in [9.17, 15) is 5.26 Å². The van der Waals surface area contributed by atoms with E-state index >= 15 is 0 Å². The van der Waals surface area contributed by atoms with Crippen molar-refractivity contribution in [3.63, 3.8) is 0 Å². The van der Waals surface area contributed by atoms with Crippen LogP contribution in [0.15, 0.2) is 35.9 Å². The second kappa shape index (κ2) is 7.92. The summed E-state index contributed by atoms with van der Waals surface area (Å²) in [7, 11) is 0. The first-order valence-electron chi connectivity index (χ1n) is 6.26. The van der Waals surface area contributed by atoms with E-state index in [1.807, 2.05) is 36.4 Å². The van der Waals surface area contributed by atoms with Crippen LogP contribution in [0.3, 0.4) is 0 Å². The van der Waals surface area contributed by atoms with Crippen LogP contribution in [0, 0.1) is 11.3 Å². The quantitative estimate of drug-likeness (QED) is 0.780. The van der Waals surface area contributed by atoms with E-state index in [-0.39, 0.29) is 12.4 Å². The molecule has 3 heteroatoms. The molecular weight excluding hydrogens is 244 g/mol. The van der Waals surface area contributed by atoms with Crippen LogP contribution in [-0.2, 0) is 0 Å². The van der Waals surface area contributed by atoms with Crippen LogP contribution >= 0.6 is 12.4 Å². The minimum absolute atomic E-state index is 0. The van der Waals surface area contributed by atoms with Gasteiger partial charge in [-0.25, -0.2) is 0 Å². The number of rotatable bonds is 3. The monoisotopic (exact) mass is 262 g/mol. The van der Waals surface area contributed by atoms with Gasteiger partial charge in [0, 0.05) is 12.1 Å². The molecule has 0 amide bonds. The highest BCUT2D eigenvalue weighted by atomic mass is 35.5. The van der Waals surface area contributed by atoms with Gasteiger partial charge in [-0.2, -0.15) is 5.26 Å². The summed E-state index contributed by atoms with van der Waals surface area (Å²) >= 11 is 0. The third-order valence-electron chi connectivity index (χ3n) is 3.13. The Morgan fingerprint density at radius 2 is 1.83 bits per heavy atom. The molecule has 1 aromatic rings. The smallest absolute Gasteiger partial charge is 0.0961 e. The lowest BCUT2D eigenvalue weighted by atomic mass is 10.1. The van der Waals surface area contributed by atoms with Crippen molar-refractivity contribution < 1.29 is 0 Å². The number of benzene rings is 1. The van der Waals surface area contributed by atoms with E-state index in [2.05, 4.69) is 11.0 Å². The molecule has 1 aromatic carbocycles. The Hall–Kier alpha value is -1.30. The standard InChI is InChI=1S/C15H18N2.ClH/c16-12-15(11-14-7-3-1-4-8-14)13-17-9-5-2-6-10-17;/h1,3-4,7-8,11H,2,5-6,9-10,13H2;1H/b15-11+;. The molecular formula is C15H19ClN2. The zero-order valence-electron chi connectivity index (χ0n) is 10.5. The first-order chi connectivity index (χ1) is 8.38. The van der Waals surface area contributed by atoms with Crippen molar-refractivity contribution in [2.24, 2.45) is 0 Å². The molecule has 0 saturated carbocycles. The van der Waals surface area contributed by atoms with Crippen molar-refractivity contribution in [3.8, 4) is 6.07 Å². The SMILES string of the molecule is Cl.N#C/C(=C\c1ccccc1)CN1CCCCC1. The lowest BCUT2D eigenvalue weighted by molar-refractivity contribution is 0.249. The van der Waals surface area contributed by atoms with Crippen LogP contribution in [0.5, 0.6) is 0 Å². The Bertz CT molecular complexity index is 414.